The van der Waals surface area contributed by atoms with Crippen LogP contribution in [0, 0.1) is 0 Å². The van der Waals surface area contributed by atoms with Gasteiger partial charge in [-0.05, 0) is 44.9 Å². The summed E-state index contributed by atoms with van der Waals surface area (Å²) < 4.78 is 7.02. The third-order valence-electron chi connectivity index (χ3n) is 6.62. The summed E-state index contributed by atoms with van der Waals surface area (Å²) in [6, 6.07) is 4.84. The van der Waals surface area contributed by atoms with Crippen LogP contribution in [-0.4, -0.2) is 94.1 Å². The second-order valence-electron chi connectivity index (χ2n) is 8.98. The molecule has 2 saturated heterocycles. The molecule has 3 heterocycles. The monoisotopic (exact) mass is 470 g/mol. The van der Waals surface area contributed by atoms with E-state index in [0.29, 0.717) is 38.3 Å². The molecule has 10 heteroatoms. The van der Waals surface area contributed by atoms with Gasteiger partial charge in [0.25, 0.3) is 5.91 Å². The normalized spacial score (nSPS) is 17.7. The lowest BCUT2D eigenvalue weighted by Crippen LogP contribution is -2.54. The Bertz CT molecular complexity index is 1050. The molecule has 1 atom stereocenters. The van der Waals surface area contributed by atoms with Crippen molar-refractivity contribution in [3.8, 4) is 0 Å². The Morgan fingerprint density at radius 2 is 1.76 bits per heavy atom. The zero-order chi connectivity index (χ0) is 24.2. The number of imidazole rings is 1. The van der Waals surface area contributed by atoms with Gasteiger partial charge < -0.3 is 24.4 Å². The molecule has 2 fully saturated rings. The van der Waals surface area contributed by atoms with Gasteiger partial charge in [-0.15, -0.1) is 0 Å². The van der Waals surface area contributed by atoms with Crippen molar-refractivity contribution in [1.29, 1.82) is 0 Å². The number of benzene rings is 1. The van der Waals surface area contributed by atoms with Gasteiger partial charge in [0.1, 0.15) is 11.9 Å². The Morgan fingerprint density at radius 1 is 1.06 bits per heavy atom. The average molecular weight is 471 g/mol. The third kappa shape index (κ3) is 5.16. The van der Waals surface area contributed by atoms with E-state index in [1.807, 2.05) is 30.1 Å². The van der Waals surface area contributed by atoms with Crippen LogP contribution in [0.5, 0.6) is 0 Å². The molecule has 1 N–H and O–H groups in total. The Kier molecular flexibility index (Phi) is 7.35. The van der Waals surface area contributed by atoms with E-state index in [2.05, 4.69) is 14.8 Å². The van der Waals surface area contributed by atoms with Crippen LogP contribution in [0.3, 0.4) is 0 Å². The second-order valence-corrected chi connectivity index (χ2v) is 8.98. The molecule has 4 rings (SSSR count). The summed E-state index contributed by atoms with van der Waals surface area (Å²) in [5.74, 6) is 0.578. The Morgan fingerprint density at radius 3 is 2.44 bits per heavy atom. The van der Waals surface area contributed by atoms with Crippen LogP contribution in [0.1, 0.15) is 42.9 Å². The smallest absolute Gasteiger partial charge is 0.328 e. The number of fused-ring (bicyclic) bond motifs is 1. The van der Waals surface area contributed by atoms with E-state index in [4.69, 9.17) is 9.72 Å². The molecular formula is C24H34N6O4. The summed E-state index contributed by atoms with van der Waals surface area (Å²) in [5.41, 5.74) is 2.52. The molecule has 0 unspecified atom stereocenters. The van der Waals surface area contributed by atoms with Crippen LogP contribution in [0.25, 0.3) is 11.0 Å². The van der Waals surface area contributed by atoms with E-state index >= 15 is 0 Å². The standard InChI is InChI=1S/C24H34N6O4/c1-4-34-23(32)17(2)25-24(33)30-13-11-28(12-14-30)16-21-26-19-15-18(7-8-20(19)27(21)3)22(31)29-9-5-6-10-29/h7-8,15,17H,4-6,9-14,16H2,1-3H3,(H,25,33)/t17-/m1/s1. The lowest BCUT2D eigenvalue weighted by atomic mass is 10.2. The highest BCUT2D eigenvalue weighted by atomic mass is 16.5. The van der Waals surface area contributed by atoms with E-state index in [9.17, 15) is 14.4 Å². The van der Waals surface area contributed by atoms with Gasteiger partial charge in [-0.25, -0.2) is 14.6 Å². The highest BCUT2D eigenvalue weighted by Crippen LogP contribution is 2.21. The number of nitrogens with one attached hydrogen (secondary N) is 1. The van der Waals surface area contributed by atoms with Crippen molar-refractivity contribution >= 4 is 28.9 Å². The molecule has 2 aliphatic heterocycles. The molecule has 0 aliphatic carbocycles. The summed E-state index contributed by atoms with van der Waals surface area (Å²) in [6.07, 6.45) is 2.14. The van der Waals surface area contributed by atoms with E-state index in [1.165, 1.54) is 0 Å². The van der Waals surface area contributed by atoms with Crippen LogP contribution in [0.4, 0.5) is 4.79 Å². The summed E-state index contributed by atoms with van der Waals surface area (Å²) in [6.45, 7) is 8.54. The molecule has 10 nitrogen and oxygen atoms in total. The maximum Gasteiger partial charge on any atom is 0.328 e. The first kappa shape index (κ1) is 24.0. The summed E-state index contributed by atoms with van der Waals surface area (Å²) in [4.78, 5) is 47.7. The van der Waals surface area contributed by atoms with E-state index in [-0.39, 0.29) is 18.5 Å². The minimum Gasteiger partial charge on any atom is -0.464 e. The van der Waals surface area contributed by atoms with Crippen molar-refractivity contribution < 1.29 is 19.1 Å². The SMILES string of the molecule is CCOC(=O)[C@@H](C)NC(=O)N1CCN(Cc2nc3cc(C(=O)N4CCCC4)ccc3n2C)CC1. The zero-order valence-corrected chi connectivity index (χ0v) is 20.2. The van der Waals surface area contributed by atoms with Crippen LogP contribution in [0.2, 0.25) is 0 Å². The van der Waals surface area contributed by atoms with Gasteiger partial charge in [-0.2, -0.15) is 0 Å². The summed E-state index contributed by atoms with van der Waals surface area (Å²) in [5, 5.41) is 2.71. The lowest BCUT2D eigenvalue weighted by molar-refractivity contribution is -0.144. The third-order valence-corrected chi connectivity index (χ3v) is 6.62. The fourth-order valence-electron chi connectivity index (χ4n) is 4.54. The maximum absolute atomic E-state index is 12.7. The molecule has 3 amide bonds. The molecule has 2 aliphatic rings. The van der Waals surface area contributed by atoms with Crippen molar-refractivity contribution in [2.75, 3.05) is 45.9 Å². The fraction of sp³-hybridized carbons (Fsp3) is 0.583. The first-order valence-corrected chi connectivity index (χ1v) is 12.1. The first-order valence-electron chi connectivity index (χ1n) is 12.1. The number of piperazine rings is 1. The van der Waals surface area contributed by atoms with Crippen LogP contribution in [-0.2, 0) is 23.1 Å². The fourth-order valence-corrected chi connectivity index (χ4v) is 4.54. The van der Waals surface area contributed by atoms with Gasteiger partial charge in [0.2, 0.25) is 0 Å². The molecular weight excluding hydrogens is 436 g/mol. The number of ether oxygens (including phenoxy) is 1. The largest absolute Gasteiger partial charge is 0.464 e. The number of esters is 1. The number of urea groups is 1. The van der Waals surface area contributed by atoms with E-state index < -0.39 is 12.0 Å². The number of amides is 3. The highest BCUT2D eigenvalue weighted by Gasteiger charge is 2.26. The predicted octanol–water partition coefficient (Wildman–Crippen LogP) is 1.59. The zero-order valence-electron chi connectivity index (χ0n) is 20.2. The number of hydrogen-bond acceptors (Lipinski definition) is 6. The predicted molar refractivity (Wildman–Crippen MR) is 127 cm³/mol. The highest BCUT2D eigenvalue weighted by molar-refractivity contribution is 5.97. The Balaban J connectivity index is 1.34. The van der Waals surface area contributed by atoms with Crippen molar-refractivity contribution in [3.63, 3.8) is 0 Å². The number of aryl methyl sites for hydroxylation is 1. The molecule has 0 bridgehead atoms. The van der Waals surface area contributed by atoms with Gasteiger partial charge in [0.05, 0.1) is 24.2 Å². The molecule has 0 radical (unpaired) electrons. The number of carbonyl (C=O) groups is 3. The number of aromatic nitrogens is 2. The Hall–Kier alpha value is -3.14. The van der Waals surface area contributed by atoms with Crippen molar-refractivity contribution in [3.05, 3.63) is 29.6 Å². The second kappa shape index (κ2) is 10.4. The molecule has 1 aromatic carbocycles. The van der Waals surface area contributed by atoms with Gasteiger partial charge in [-0.3, -0.25) is 9.69 Å². The summed E-state index contributed by atoms with van der Waals surface area (Å²) in [7, 11) is 1.99. The molecule has 0 saturated carbocycles. The molecule has 34 heavy (non-hydrogen) atoms. The first-order chi connectivity index (χ1) is 16.4. The summed E-state index contributed by atoms with van der Waals surface area (Å²) >= 11 is 0. The average Bonchev–Trinajstić information content (AvgIpc) is 3.48. The number of rotatable bonds is 6. The minimum atomic E-state index is -0.673. The van der Waals surface area contributed by atoms with Gasteiger partial charge in [0.15, 0.2) is 0 Å². The number of carbonyl (C=O) groups excluding carboxylic acids is 3. The maximum atomic E-state index is 12.7. The van der Waals surface area contributed by atoms with Crippen molar-refractivity contribution in [2.24, 2.45) is 7.05 Å². The molecule has 2 aromatic rings. The molecule has 1 aromatic heterocycles. The van der Waals surface area contributed by atoms with Gasteiger partial charge >= 0.3 is 12.0 Å². The number of likely N-dealkylation sites (tertiary alicyclic amines) is 1. The van der Waals surface area contributed by atoms with Gasteiger partial charge in [-0.1, -0.05) is 0 Å². The molecule has 0 spiro atoms. The van der Waals surface area contributed by atoms with E-state index in [1.54, 1.807) is 18.7 Å². The van der Waals surface area contributed by atoms with Crippen LogP contribution < -0.4 is 5.32 Å². The van der Waals surface area contributed by atoms with Crippen molar-refractivity contribution in [1.82, 2.24) is 29.6 Å². The van der Waals surface area contributed by atoms with Gasteiger partial charge in [0, 0.05) is 51.9 Å². The topological polar surface area (TPSA) is 100 Å². The van der Waals surface area contributed by atoms with Crippen LogP contribution >= 0.6 is 0 Å². The lowest BCUT2D eigenvalue weighted by Gasteiger charge is -2.34. The quantitative estimate of drug-likeness (QED) is 0.644. The van der Waals surface area contributed by atoms with E-state index in [0.717, 1.165) is 42.8 Å². The number of hydrogen-bond donors (Lipinski definition) is 1. The number of nitrogens with zero attached hydrogens (tertiary/aromatic N) is 5. The molecule has 184 valence electrons. The van der Waals surface area contributed by atoms with Crippen molar-refractivity contribution in [2.45, 2.75) is 39.3 Å². The Labute approximate surface area is 199 Å². The van der Waals surface area contributed by atoms with Crippen LogP contribution in [0.15, 0.2) is 18.2 Å². The minimum absolute atomic E-state index is 0.0817.